The minimum absolute atomic E-state index is 0.0380. The molecule has 0 saturated carbocycles. The summed E-state index contributed by atoms with van der Waals surface area (Å²) in [6.45, 7) is 3.21. The lowest BCUT2D eigenvalue weighted by Crippen LogP contribution is -2.43. The summed E-state index contributed by atoms with van der Waals surface area (Å²) in [5.41, 5.74) is 0.0721. The molecule has 0 aromatic heterocycles. The smallest absolute Gasteiger partial charge is 0.310 e. The van der Waals surface area contributed by atoms with Crippen LogP contribution in [0.15, 0.2) is 18.2 Å². The lowest BCUT2D eigenvalue weighted by atomic mass is 10.1. The molecule has 1 atom stereocenters. The highest BCUT2D eigenvalue weighted by Crippen LogP contribution is 2.32. The second-order valence-corrected chi connectivity index (χ2v) is 5.55. The van der Waals surface area contributed by atoms with Gasteiger partial charge < -0.3 is 10.2 Å². The molecule has 0 radical (unpaired) electrons. The number of halogens is 1. The van der Waals surface area contributed by atoms with Gasteiger partial charge in [-0.3, -0.25) is 14.9 Å². The third kappa shape index (κ3) is 3.64. The van der Waals surface area contributed by atoms with Crippen LogP contribution < -0.4 is 5.32 Å². The second-order valence-electron chi connectivity index (χ2n) is 5.15. The number of carbonyl (C=O) groups excluding carboxylic acids is 1. The van der Waals surface area contributed by atoms with Gasteiger partial charge in [-0.05, 0) is 38.3 Å². The van der Waals surface area contributed by atoms with Crippen molar-refractivity contribution in [1.82, 2.24) is 4.90 Å². The molecule has 1 fully saturated rings. The van der Waals surface area contributed by atoms with E-state index in [0.717, 1.165) is 32.4 Å². The number of nitrogens with one attached hydrogen (secondary N) is 1. The van der Waals surface area contributed by atoms with Crippen LogP contribution in [0.3, 0.4) is 0 Å². The van der Waals surface area contributed by atoms with Gasteiger partial charge in [0, 0.05) is 13.1 Å². The van der Waals surface area contributed by atoms with Crippen molar-refractivity contribution in [2.24, 2.45) is 0 Å². The summed E-state index contributed by atoms with van der Waals surface area (Å²) in [5, 5.41) is 14.1. The molecule has 6 nitrogen and oxygen atoms in total. The summed E-state index contributed by atoms with van der Waals surface area (Å²) < 4.78 is 0. The molecule has 2 rings (SSSR count). The average Bonchev–Trinajstić information content (AvgIpc) is 2.47. The van der Waals surface area contributed by atoms with Crippen molar-refractivity contribution in [3.05, 3.63) is 33.3 Å². The molecule has 0 spiro atoms. The number of nitro groups is 1. The SMILES string of the molecule is CC(Nc1cccc(Cl)c1[N+](=O)[O-])C(=O)N1CCCCC1. The normalized spacial score (nSPS) is 16.4. The van der Waals surface area contributed by atoms with Gasteiger partial charge in [-0.1, -0.05) is 17.7 Å². The van der Waals surface area contributed by atoms with E-state index in [9.17, 15) is 14.9 Å². The Morgan fingerprint density at radius 3 is 2.67 bits per heavy atom. The van der Waals surface area contributed by atoms with Crippen LogP contribution in [0, 0.1) is 10.1 Å². The van der Waals surface area contributed by atoms with Gasteiger partial charge in [0.25, 0.3) is 0 Å². The van der Waals surface area contributed by atoms with Crippen LogP contribution >= 0.6 is 11.6 Å². The van der Waals surface area contributed by atoms with Crippen molar-refractivity contribution in [1.29, 1.82) is 0 Å². The summed E-state index contributed by atoms with van der Waals surface area (Å²) >= 11 is 5.86. The van der Waals surface area contributed by atoms with E-state index in [1.54, 1.807) is 24.0 Å². The molecule has 1 heterocycles. The molecule has 114 valence electrons. The van der Waals surface area contributed by atoms with E-state index in [-0.39, 0.29) is 22.3 Å². The number of rotatable bonds is 4. The summed E-state index contributed by atoms with van der Waals surface area (Å²) in [6, 6.07) is 4.11. The van der Waals surface area contributed by atoms with Crippen molar-refractivity contribution in [2.75, 3.05) is 18.4 Å². The number of amides is 1. The zero-order valence-corrected chi connectivity index (χ0v) is 12.6. The highest BCUT2D eigenvalue weighted by Gasteiger charge is 2.25. The lowest BCUT2D eigenvalue weighted by Gasteiger charge is -2.29. The maximum absolute atomic E-state index is 12.3. The minimum Gasteiger partial charge on any atom is -0.368 e. The molecule has 21 heavy (non-hydrogen) atoms. The Bertz CT molecular complexity index is 544. The molecular weight excluding hydrogens is 294 g/mol. The number of piperidine rings is 1. The van der Waals surface area contributed by atoms with Crippen molar-refractivity contribution >= 4 is 28.9 Å². The Labute approximate surface area is 128 Å². The third-order valence-electron chi connectivity index (χ3n) is 3.58. The van der Waals surface area contributed by atoms with Gasteiger partial charge >= 0.3 is 5.69 Å². The number of anilines is 1. The summed E-state index contributed by atoms with van der Waals surface area (Å²) in [7, 11) is 0. The van der Waals surface area contributed by atoms with Crippen molar-refractivity contribution in [2.45, 2.75) is 32.2 Å². The fourth-order valence-corrected chi connectivity index (χ4v) is 2.74. The highest BCUT2D eigenvalue weighted by molar-refractivity contribution is 6.33. The third-order valence-corrected chi connectivity index (χ3v) is 3.88. The first kappa shape index (κ1) is 15.6. The predicted octanol–water partition coefficient (Wildman–Crippen LogP) is 3.06. The van der Waals surface area contributed by atoms with E-state index in [0.29, 0.717) is 0 Å². The summed E-state index contributed by atoms with van der Waals surface area (Å²) in [5.74, 6) is -0.0380. The molecular formula is C14H18ClN3O3. The van der Waals surface area contributed by atoms with Gasteiger partial charge in [0.2, 0.25) is 5.91 Å². The Hall–Kier alpha value is -1.82. The number of benzene rings is 1. The topological polar surface area (TPSA) is 75.5 Å². The first-order valence-electron chi connectivity index (χ1n) is 6.99. The minimum atomic E-state index is -0.539. The van der Waals surface area contributed by atoms with E-state index in [1.165, 1.54) is 6.07 Å². The first-order chi connectivity index (χ1) is 10.0. The standard InChI is InChI=1S/C14H18ClN3O3/c1-10(14(19)17-8-3-2-4-9-17)16-12-7-5-6-11(15)13(12)18(20)21/h5-7,10,16H,2-4,8-9H2,1H3. The maximum atomic E-state index is 12.3. The monoisotopic (exact) mass is 311 g/mol. The van der Waals surface area contributed by atoms with E-state index in [1.807, 2.05) is 0 Å². The molecule has 0 bridgehead atoms. The zero-order chi connectivity index (χ0) is 15.4. The van der Waals surface area contributed by atoms with E-state index >= 15 is 0 Å². The molecule has 1 aromatic carbocycles. The van der Waals surface area contributed by atoms with Crippen LogP contribution in [0.25, 0.3) is 0 Å². The van der Waals surface area contributed by atoms with E-state index < -0.39 is 11.0 Å². The molecule has 1 aliphatic rings. The summed E-state index contributed by atoms with van der Waals surface area (Å²) in [4.78, 5) is 24.7. The van der Waals surface area contributed by atoms with Crippen molar-refractivity contribution in [3.63, 3.8) is 0 Å². The van der Waals surface area contributed by atoms with Gasteiger partial charge in [-0.2, -0.15) is 0 Å². The molecule has 0 aliphatic carbocycles. The van der Waals surface area contributed by atoms with Crippen LogP contribution in [-0.4, -0.2) is 34.9 Å². The van der Waals surface area contributed by atoms with Crippen LogP contribution in [0.2, 0.25) is 5.02 Å². The van der Waals surface area contributed by atoms with E-state index in [4.69, 9.17) is 11.6 Å². The quantitative estimate of drug-likeness (QED) is 0.685. The molecule has 1 unspecified atom stereocenters. The second kappa shape index (κ2) is 6.76. The molecule has 7 heteroatoms. The Morgan fingerprint density at radius 2 is 2.05 bits per heavy atom. The number of likely N-dealkylation sites (tertiary alicyclic amines) is 1. The highest BCUT2D eigenvalue weighted by atomic mass is 35.5. The van der Waals surface area contributed by atoms with Crippen LogP contribution in [-0.2, 0) is 4.79 Å². The molecule has 1 aliphatic heterocycles. The number of para-hydroxylation sites is 1. The van der Waals surface area contributed by atoms with E-state index in [2.05, 4.69) is 5.32 Å². The number of hydrogen-bond donors (Lipinski definition) is 1. The van der Waals surface area contributed by atoms with Crippen LogP contribution in [0.5, 0.6) is 0 Å². The van der Waals surface area contributed by atoms with Crippen LogP contribution in [0.4, 0.5) is 11.4 Å². The number of nitro benzene ring substituents is 1. The summed E-state index contributed by atoms with van der Waals surface area (Å²) in [6.07, 6.45) is 3.16. The Morgan fingerprint density at radius 1 is 1.38 bits per heavy atom. The zero-order valence-electron chi connectivity index (χ0n) is 11.8. The maximum Gasteiger partial charge on any atom is 0.310 e. The molecule has 1 aromatic rings. The van der Waals surface area contributed by atoms with Crippen molar-refractivity contribution in [3.8, 4) is 0 Å². The van der Waals surface area contributed by atoms with Crippen LogP contribution in [0.1, 0.15) is 26.2 Å². The first-order valence-corrected chi connectivity index (χ1v) is 7.36. The predicted molar refractivity (Wildman–Crippen MR) is 81.6 cm³/mol. The fraction of sp³-hybridized carbons (Fsp3) is 0.500. The Balaban J connectivity index is 2.12. The number of nitrogens with zero attached hydrogens (tertiary/aromatic N) is 2. The lowest BCUT2D eigenvalue weighted by molar-refractivity contribution is -0.383. The molecule has 1 N–H and O–H groups in total. The van der Waals surface area contributed by atoms with Gasteiger partial charge in [-0.25, -0.2) is 0 Å². The van der Waals surface area contributed by atoms with Gasteiger partial charge in [0.15, 0.2) is 0 Å². The largest absolute Gasteiger partial charge is 0.368 e. The van der Waals surface area contributed by atoms with Gasteiger partial charge in [0.1, 0.15) is 16.8 Å². The fourth-order valence-electron chi connectivity index (χ4n) is 2.50. The van der Waals surface area contributed by atoms with Gasteiger partial charge in [0.05, 0.1) is 4.92 Å². The average molecular weight is 312 g/mol. The number of carbonyl (C=O) groups is 1. The number of hydrogen-bond acceptors (Lipinski definition) is 4. The molecule has 1 saturated heterocycles. The van der Waals surface area contributed by atoms with Gasteiger partial charge in [-0.15, -0.1) is 0 Å². The molecule has 1 amide bonds. The van der Waals surface area contributed by atoms with Crippen molar-refractivity contribution < 1.29 is 9.72 Å². The Kier molecular flexibility index (Phi) is 5.01.